The molecule has 20 heavy (non-hydrogen) atoms. The van der Waals surface area contributed by atoms with E-state index in [-0.39, 0.29) is 6.61 Å². The Morgan fingerprint density at radius 3 is 2.65 bits per heavy atom. The molecule has 0 aliphatic heterocycles. The molecule has 1 N–H and O–H groups in total. The second-order valence-corrected chi connectivity index (χ2v) is 5.19. The zero-order valence-corrected chi connectivity index (χ0v) is 12.9. The van der Waals surface area contributed by atoms with Crippen LogP contribution in [0.15, 0.2) is 30.3 Å². The molecule has 0 bridgehead atoms. The fourth-order valence-electron chi connectivity index (χ4n) is 1.73. The predicted molar refractivity (Wildman–Crippen MR) is 83.9 cm³/mol. The Balaban J connectivity index is 2.13. The van der Waals surface area contributed by atoms with Crippen LogP contribution in [0.5, 0.6) is 5.75 Å². The highest BCUT2D eigenvalue weighted by molar-refractivity contribution is 6.32. The number of rotatable bonds is 5. The molecule has 0 unspecified atom stereocenters. The molecule has 5 heteroatoms. The number of hydrogen-bond acceptors (Lipinski definition) is 3. The number of nitrogens with zero attached hydrogens (tertiary/aromatic N) is 1. The average Bonchev–Trinajstić information content (AvgIpc) is 2.43. The smallest absolute Gasteiger partial charge is 0.138 e. The number of pyridine rings is 1. The Kier molecular flexibility index (Phi) is 5.10. The van der Waals surface area contributed by atoms with Crippen LogP contribution in [-0.4, -0.2) is 11.5 Å². The van der Waals surface area contributed by atoms with E-state index in [4.69, 9.17) is 27.9 Å². The van der Waals surface area contributed by atoms with Crippen LogP contribution in [-0.2, 0) is 6.61 Å². The van der Waals surface area contributed by atoms with Crippen LogP contribution in [0.25, 0.3) is 0 Å². The molecular formula is C15H16Cl2N2O. The summed E-state index contributed by atoms with van der Waals surface area (Å²) >= 11 is 12.2. The fourth-order valence-corrected chi connectivity index (χ4v) is 2.06. The number of halogens is 2. The van der Waals surface area contributed by atoms with Crippen LogP contribution in [0.2, 0.25) is 10.0 Å². The van der Waals surface area contributed by atoms with Crippen LogP contribution in [0.3, 0.4) is 0 Å². The zero-order valence-electron chi connectivity index (χ0n) is 11.4. The van der Waals surface area contributed by atoms with Crippen molar-refractivity contribution in [2.45, 2.75) is 20.5 Å². The third-order valence-electron chi connectivity index (χ3n) is 2.73. The lowest BCUT2D eigenvalue weighted by Gasteiger charge is -2.11. The highest BCUT2D eigenvalue weighted by Gasteiger charge is 2.07. The lowest BCUT2D eigenvalue weighted by molar-refractivity contribution is 0.301. The van der Waals surface area contributed by atoms with E-state index < -0.39 is 0 Å². The van der Waals surface area contributed by atoms with Gasteiger partial charge in [-0.05, 0) is 43.7 Å². The van der Waals surface area contributed by atoms with Crippen molar-refractivity contribution in [2.75, 3.05) is 11.9 Å². The van der Waals surface area contributed by atoms with Crippen molar-refractivity contribution >= 4 is 29.0 Å². The van der Waals surface area contributed by atoms with E-state index in [1.807, 2.05) is 44.2 Å². The van der Waals surface area contributed by atoms with Gasteiger partial charge in [0.2, 0.25) is 0 Å². The van der Waals surface area contributed by atoms with Gasteiger partial charge >= 0.3 is 0 Å². The Labute approximate surface area is 128 Å². The summed E-state index contributed by atoms with van der Waals surface area (Å²) in [4.78, 5) is 4.42. The minimum absolute atomic E-state index is 0.279. The molecule has 0 atom stereocenters. The molecule has 0 aliphatic rings. The summed E-state index contributed by atoms with van der Waals surface area (Å²) in [7, 11) is 0. The Morgan fingerprint density at radius 1 is 1.15 bits per heavy atom. The van der Waals surface area contributed by atoms with E-state index in [0.29, 0.717) is 21.5 Å². The molecule has 0 aliphatic carbocycles. The maximum absolute atomic E-state index is 6.13. The summed E-state index contributed by atoms with van der Waals surface area (Å²) in [5.41, 5.74) is 1.77. The summed E-state index contributed by atoms with van der Waals surface area (Å²) in [6.45, 7) is 5.08. The molecule has 1 heterocycles. The molecule has 1 aromatic carbocycles. The van der Waals surface area contributed by atoms with Crippen molar-refractivity contribution in [3.63, 3.8) is 0 Å². The Morgan fingerprint density at radius 2 is 1.90 bits per heavy atom. The van der Waals surface area contributed by atoms with Gasteiger partial charge in [0.25, 0.3) is 0 Å². The summed E-state index contributed by atoms with van der Waals surface area (Å²) < 4.78 is 5.71. The second-order valence-electron chi connectivity index (χ2n) is 4.38. The van der Waals surface area contributed by atoms with E-state index in [2.05, 4.69) is 10.3 Å². The molecule has 1 aromatic heterocycles. The maximum atomic E-state index is 6.13. The van der Waals surface area contributed by atoms with E-state index in [1.165, 1.54) is 0 Å². The van der Waals surface area contributed by atoms with Gasteiger partial charge in [0.15, 0.2) is 0 Å². The highest BCUT2D eigenvalue weighted by Crippen LogP contribution is 2.27. The highest BCUT2D eigenvalue weighted by atomic mass is 35.5. The van der Waals surface area contributed by atoms with Crippen LogP contribution in [0.4, 0.5) is 5.82 Å². The summed E-state index contributed by atoms with van der Waals surface area (Å²) in [6, 6.07) is 9.30. The van der Waals surface area contributed by atoms with Gasteiger partial charge in [-0.25, -0.2) is 4.98 Å². The van der Waals surface area contributed by atoms with E-state index in [0.717, 1.165) is 17.9 Å². The molecule has 106 valence electrons. The zero-order chi connectivity index (χ0) is 14.5. The maximum Gasteiger partial charge on any atom is 0.138 e. The second kappa shape index (κ2) is 6.82. The Bertz CT molecular complexity index is 602. The first-order chi connectivity index (χ1) is 9.60. The van der Waals surface area contributed by atoms with Crippen LogP contribution >= 0.6 is 23.2 Å². The first kappa shape index (κ1) is 14.9. The van der Waals surface area contributed by atoms with Crippen molar-refractivity contribution in [3.8, 4) is 5.75 Å². The van der Waals surface area contributed by atoms with Gasteiger partial charge in [-0.3, -0.25) is 0 Å². The van der Waals surface area contributed by atoms with Gasteiger partial charge in [0.1, 0.15) is 18.2 Å². The van der Waals surface area contributed by atoms with Gasteiger partial charge < -0.3 is 10.1 Å². The molecule has 2 aromatic rings. The standard InChI is InChI=1S/C15H16Cl2N2O/c1-3-18-15-7-6-11(16)13(19-15)9-20-14-8-10(2)4-5-12(14)17/h4-8H,3,9H2,1-2H3,(H,18,19). The predicted octanol–water partition coefficient (Wildman–Crippen LogP) is 4.71. The number of nitrogens with one attached hydrogen (secondary N) is 1. The van der Waals surface area contributed by atoms with Crippen molar-refractivity contribution < 1.29 is 4.74 Å². The Hall–Kier alpha value is -1.45. The third-order valence-corrected chi connectivity index (χ3v) is 3.38. The first-order valence-corrected chi connectivity index (χ1v) is 7.14. The number of benzene rings is 1. The minimum atomic E-state index is 0.279. The van der Waals surface area contributed by atoms with Crippen molar-refractivity contribution in [3.05, 3.63) is 51.6 Å². The molecular weight excluding hydrogens is 295 g/mol. The molecule has 0 spiro atoms. The summed E-state index contributed by atoms with van der Waals surface area (Å²) in [6.07, 6.45) is 0. The molecule has 0 amide bonds. The normalized spacial score (nSPS) is 10.4. The number of ether oxygens (including phenoxy) is 1. The van der Waals surface area contributed by atoms with Crippen molar-refractivity contribution in [2.24, 2.45) is 0 Å². The minimum Gasteiger partial charge on any atom is -0.486 e. The van der Waals surface area contributed by atoms with Gasteiger partial charge in [0.05, 0.1) is 15.7 Å². The van der Waals surface area contributed by atoms with Crippen molar-refractivity contribution in [1.82, 2.24) is 4.98 Å². The molecule has 3 nitrogen and oxygen atoms in total. The molecule has 0 radical (unpaired) electrons. The summed E-state index contributed by atoms with van der Waals surface area (Å²) in [5.74, 6) is 1.42. The summed E-state index contributed by atoms with van der Waals surface area (Å²) in [5, 5.41) is 4.30. The average molecular weight is 311 g/mol. The van der Waals surface area contributed by atoms with Gasteiger partial charge in [-0.2, -0.15) is 0 Å². The first-order valence-electron chi connectivity index (χ1n) is 6.38. The third kappa shape index (κ3) is 3.78. The van der Waals surface area contributed by atoms with Gasteiger partial charge in [0, 0.05) is 6.54 Å². The number of aryl methyl sites for hydroxylation is 1. The molecule has 2 rings (SSSR count). The van der Waals surface area contributed by atoms with Gasteiger partial charge in [-0.15, -0.1) is 0 Å². The molecule has 0 fully saturated rings. The number of hydrogen-bond donors (Lipinski definition) is 1. The number of anilines is 1. The fraction of sp³-hybridized carbons (Fsp3) is 0.267. The van der Waals surface area contributed by atoms with Crippen LogP contribution < -0.4 is 10.1 Å². The lowest BCUT2D eigenvalue weighted by Crippen LogP contribution is -2.04. The van der Waals surface area contributed by atoms with Gasteiger partial charge in [-0.1, -0.05) is 29.3 Å². The molecule has 0 saturated carbocycles. The van der Waals surface area contributed by atoms with E-state index in [9.17, 15) is 0 Å². The van der Waals surface area contributed by atoms with Crippen LogP contribution in [0, 0.1) is 6.92 Å². The largest absolute Gasteiger partial charge is 0.486 e. The SMILES string of the molecule is CCNc1ccc(Cl)c(COc2cc(C)ccc2Cl)n1. The van der Waals surface area contributed by atoms with E-state index >= 15 is 0 Å². The van der Waals surface area contributed by atoms with E-state index in [1.54, 1.807) is 0 Å². The topological polar surface area (TPSA) is 34.1 Å². The quantitative estimate of drug-likeness (QED) is 0.868. The monoisotopic (exact) mass is 310 g/mol. The molecule has 0 saturated heterocycles. The lowest BCUT2D eigenvalue weighted by atomic mass is 10.2. The number of aromatic nitrogens is 1. The van der Waals surface area contributed by atoms with Crippen LogP contribution in [0.1, 0.15) is 18.2 Å². The van der Waals surface area contributed by atoms with Crippen molar-refractivity contribution in [1.29, 1.82) is 0 Å².